The predicted octanol–water partition coefficient (Wildman–Crippen LogP) is 4.26. The lowest BCUT2D eigenvalue weighted by atomic mass is 10.3. The Kier molecular flexibility index (Phi) is 7.52. The fourth-order valence-electron chi connectivity index (χ4n) is 3.14. The van der Waals surface area contributed by atoms with E-state index in [0.717, 1.165) is 5.69 Å². The molecule has 2 heterocycles. The lowest BCUT2D eigenvalue weighted by Gasteiger charge is -2.13. The predicted molar refractivity (Wildman–Crippen MR) is 130 cm³/mol. The van der Waals surface area contributed by atoms with Crippen molar-refractivity contribution in [1.82, 2.24) is 24.6 Å². The highest BCUT2D eigenvalue weighted by atomic mass is 35.5. The van der Waals surface area contributed by atoms with Crippen molar-refractivity contribution >= 4 is 38.9 Å². The third-order valence-electron chi connectivity index (χ3n) is 4.89. The van der Waals surface area contributed by atoms with Gasteiger partial charge in [-0.2, -0.15) is 10.1 Å². The van der Waals surface area contributed by atoms with Crippen LogP contribution in [0.4, 0.5) is 5.69 Å². The summed E-state index contributed by atoms with van der Waals surface area (Å²) < 4.78 is 35.5. The summed E-state index contributed by atoms with van der Waals surface area (Å²) in [5.74, 6) is 1.12. The van der Waals surface area contributed by atoms with E-state index < -0.39 is 10.0 Å². The van der Waals surface area contributed by atoms with Crippen molar-refractivity contribution < 1.29 is 12.9 Å². The fourth-order valence-corrected chi connectivity index (χ4v) is 4.71. The van der Waals surface area contributed by atoms with Crippen molar-refractivity contribution in [2.75, 3.05) is 11.9 Å². The summed E-state index contributed by atoms with van der Waals surface area (Å²) in [6, 6.07) is 13.6. The van der Waals surface area contributed by atoms with E-state index in [1.165, 1.54) is 6.07 Å². The van der Waals surface area contributed by atoms with Gasteiger partial charge in [-0.25, -0.2) is 17.8 Å². The molecular formula is C22H22Cl2N6O3S. The number of hydrogen-bond acceptors (Lipinski definition) is 7. The number of halogens is 2. The number of aromatic nitrogens is 4. The number of benzene rings is 2. The lowest BCUT2D eigenvalue weighted by molar-refractivity contribution is 0.375. The zero-order valence-electron chi connectivity index (χ0n) is 18.2. The Morgan fingerprint density at radius 2 is 1.82 bits per heavy atom. The highest BCUT2D eigenvalue weighted by molar-refractivity contribution is 7.89. The van der Waals surface area contributed by atoms with Gasteiger partial charge in [-0.15, -0.1) is 0 Å². The smallest absolute Gasteiger partial charge is 0.243 e. The van der Waals surface area contributed by atoms with Crippen molar-refractivity contribution in [1.29, 1.82) is 0 Å². The molecule has 0 atom stereocenters. The number of sulfonamides is 1. The van der Waals surface area contributed by atoms with Crippen molar-refractivity contribution in [2.45, 2.75) is 31.2 Å². The average Bonchev–Trinajstić information content (AvgIpc) is 3.49. The number of rotatable bonds is 10. The Morgan fingerprint density at radius 3 is 2.56 bits per heavy atom. The molecule has 0 aliphatic heterocycles. The Hall–Kier alpha value is -2.92. The molecule has 0 aliphatic rings. The van der Waals surface area contributed by atoms with Crippen LogP contribution < -0.4 is 10.0 Å². The first kappa shape index (κ1) is 24.2. The van der Waals surface area contributed by atoms with E-state index in [-0.39, 0.29) is 11.4 Å². The number of hydrogen-bond donors (Lipinski definition) is 2. The molecule has 0 radical (unpaired) electrons. The van der Waals surface area contributed by atoms with Crippen LogP contribution in [-0.4, -0.2) is 34.9 Å². The molecule has 2 aromatic carbocycles. The molecule has 0 unspecified atom stereocenters. The Labute approximate surface area is 207 Å². The van der Waals surface area contributed by atoms with Gasteiger partial charge in [0.2, 0.25) is 15.9 Å². The summed E-state index contributed by atoms with van der Waals surface area (Å²) in [7, 11) is -3.88. The monoisotopic (exact) mass is 520 g/mol. The first-order valence-corrected chi connectivity index (χ1v) is 12.7. The molecule has 0 bridgehead atoms. The van der Waals surface area contributed by atoms with E-state index in [2.05, 4.69) is 25.3 Å². The van der Waals surface area contributed by atoms with Crippen LogP contribution in [0.15, 0.2) is 64.1 Å². The molecule has 0 saturated heterocycles. The number of anilines is 1. The van der Waals surface area contributed by atoms with Gasteiger partial charge in [-0.1, -0.05) is 35.3 Å². The van der Waals surface area contributed by atoms with Gasteiger partial charge in [0.15, 0.2) is 5.82 Å². The van der Waals surface area contributed by atoms with Gasteiger partial charge in [0, 0.05) is 35.6 Å². The SMILES string of the molecule is CCc1noc(CCNc2ccc(Cl)cc2S(=O)(=O)NCc2ccn(-c3ccc(Cl)cc3)n2)n1. The molecule has 4 rings (SSSR count). The maximum atomic E-state index is 13.1. The minimum absolute atomic E-state index is 0.0106. The highest BCUT2D eigenvalue weighted by Crippen LogP contribution is 2.25. The maximum absolute atomic E-state index is 13.1. The zero-order valence-corrected chi connectivity index (χ0v) is 20.5. The minimum atomic E-state index is -3.88. The molecule has 12 heteroatoms. The summed E-state index contributed by atoms with van der Waals surface area (Å²) in [5, 5.41) is 12.3. The first-order valence-electron chi connectivity index (χ1n) is 10.5. The topological polar surface area (TPSA) is 115 Å². The summed E-state index contributed by atoms with van der Waals surface area (Å²) >= 11 is 12.0. The van der Waals surface area contributed by atoms with Gasteiger partial charge in [0.05, 0.1) is 23.6 Å². The van der Waals surface area contributed by atoms with Crippen molar-refractivity contribution in [3.8, 4) is 5.69 Å². The molecule has 0 spiro atoms. The number of aryl methyl sites for hydroxylation is 1. The summed E-state index contributed by atoms with van der Waals surface area (Å²) in [6.07, 6.45) is 2.88. The molecular weight excluding hydrogens is 499 g/mol. The summed E-state index contributed by atoms with van der Waals surface area (Å²) in [5.41, 5.74) is 1.78. The van der Waals surface area contributed by atoms with Gasteiger partial charge in [0.25, 0.3) is 0 Å². The molecule has 0 fully saturated rings. The Bertz CT molecular complexity index is 1370. The highest BCUT2D eigenvalue weighted by Gasteiger charge is 2.20. The second-order valence-corrected chi connectivity index (χ2v) is 9.94. The standard InChI is InChI=1S/C22H22Cl2N6O3S/c1-2-21-27-22(33-29-21)9-11-25-19-8-5-16(24)13-20(19)34(31,32)26-14-17-10-12-30(28-17)18-6-3-15(23)4-7-18/h3-8,10,12-13,25-26H,2,9,11,14H2,1H3. The molecule has 4 aromatic rings. The second-order valence-electron chi connectivity index (χ2n) is 7.33. The van der Waals surface area contributed by atoms with Crippen LogP contribution in [0.2, 0.25) is 10.0 Å². The average molecular weight is 521 g/mol. The van der Waals surface area contributed by atoms with Gasteiger partial charge >= 0.3 is 0 Å². The maximum Gasteiger partial charge on any atom is 0.243 e. The summed E-state index contributed by atoms with van der Waals surface area (Å²) in [6.45, 7) is 2.35. The first-order chi connectivity index (χ1) is 16.3. The van der Waals surface area contributed by atoms with E-state index in [1.807, 2.05) is 19.1 Å². The Morgan fingerprint density at radius 1 is 1.06 bits per heavy atom. The normalized spacial score (nSPS) is 11.6. The molecule has 34 heavy (non-hydrogen) atoms. The van der Waals surface area contributed by atoms with Gasteiger partial charge in [-0.3, -0.25) is 0 Å². The quantitative estimate of drug-likeness (QED) is 0.321. The van der Waals surface area contributed by atoms with Crippen LogP contribution >= 0.6 is 23.2 Å². The van der Waals surface area contributed by atoms with Crippen LogP contribution in [0.25, 0.3) is 5.69 Å². The molecule has 0 amide bonds. The zero-order chi connectivity index (χ0) is 24.1. The number of nitrogens with one attached hydrogen (secondary N) is 2. The van der Waals surface area contributed by atoms with E-state index >= 15 is 0 Å². The lowest BCUT2D eigenvalue weighted by Crippen LogP contribution is -2.25. The van der Waals surface area contributed by atoms with Crippen LogP contribution in [0, 0.1) is 0 Å². The molecule has 2 N–H and O–H groups in total. The number of nitrogens with zero attached hydrogens (tertiary/aromatic N) is 4. The van der Waals surface area contributed by atoms with Gasteiger partial charge in [-0.05, 0) is 48.5 Å². The van der Waals surface area contributed by atoms with Gasteiger partial charge in [0.1, 0.15) is 4.90 Å². The van der Waals surface area contributed by atoms with Gasteiger partial charge < -0.3 is 9.84 Å². The third-order valence-corrected chi connectivity index (χ3v) is 6.82. The Balaban J connectivity index is 1.43. The van der Waals surface area contributed by atoms with Crippen molar-refractivity contribution in [3.63, 3.8) is 0 Å². The van der Waals surface area contributed by atoms with E-state index in [1.54, 1.807) is 41.2 Å². The van der Waals surface area contributed by atoms with E-state index in [9.17, 15) is 8.42 Å². The van der Waals surface area contributed by atoms with E-state index in [4.69, 9.17) is 27.7 Å². The van der Waals surface area contributed by atoms with Crippen LogP contribution in [0.5, 0.6) is 0 Å². The van der Waals surface area contributed by atoms with E-state index in [0.29, 0.717) is 52.5 Å². The molecule has 9 nitrogen and oxygen atoms in total. The minimum Gasteiger partial charge on any atom is -0.383 e. The van der Waals surface area contributed by atoms with Crippen molar-refractivity contribution in [3.05, 3.63) is 82.2 Å². The van der Waals surface area contributed by atoms with Crippen LogP contribution in [-0.2, 0) is 29.4 Å². The molecule has 0 aliphatic carbocycles. The van der Waals surface area contributed by atoms with Crippen molar-refractivity contribution in [2.24, 2.45) is 0 Å². The molecule has 2 aromatic heterocycles. The van der Waals surface area contributed by atoms with Crippen LogP contribution in [0.3, 0.4) is 0 Å². The van der Waals surface area contributed by atoms with Crippen LogP contribution in [0.1, 0.15) is 24.3 Å². The second kappa shape index (κ2) is 10.6. The summed E-state index contributed by atoms with van der Waals surface area (Å²) in [4.78, 5) is 4.29. The largest absolute Gasteiger partial charge is 0.383 e. The fraction of sp³-hybridized carbons (Fsp3) is 0.227. The third kappa shape index (κ3) is 5.95. The molecule has 0 saturated carbocycles. The molecule has 178 valence electrons.